The Morgan fingerprint density at radius 2 is 1.61 bits per heavy atom. The van der Waals surface area contributed by atoms with E-state index in [1.807, 2.05) is 63.2 Å². The molecule has 0 aliphatic rings. The van der Waals surface area contributed by atoms with E-state index in [1.54, 1.807) is 0 Å². The minimum Gasteiger partial charge on any atom is -0.456 e. The van der Waals surface area contributed by atoms with Gasteiger partial charge < -0.3 is 13.9 Å². The van der Waals surface area contributed by atoms with E-state index in [9.17, 15) is 4.79 Å². The van der Waals surface area contributed by atoms with Crippen LogP contribution in [0.2, 0.25) is 0 Å². The average molecular weight is 547 g/mol. The molecule has 1 atom stereocenters. The molecule has 2 heterocycles. The van der Waals surface area contributed by atoms with Crippen LogP contribution >= 0.6 is 0 Å². The third-order valence-electron chi connectivity index (χ3n) is 7.00. The first kappa shape index (κ1) is 28.3. The second kappa shape index (κ2) is 12.1. The summed E-state index contributed by atoms with van der Waals surface area (Å²) in [5.74, 6) is -0.328. The van der Waals surface area contributed by atoms with Crippen molar-refractivity contribution in [3.63, 3.8) is 0 Å². The van der Waals surface area contributed by atoms with Gasteiger partial charge in [-0.1, -0.05) is 92.2 Å². The van der Waals surface area contributed by atoms with Crippen LogP contribution in [-0.2, 0) is 22.5 Å². The number of benzene rings is 3. The molecule has 5 heteroatoms. The van der Waals surface area contributed by atoms with Gasteiger partial charge in [-0.15, -0.1) is 0 Å². The average Bonchev–Trinajstić information content (AvgIpc) is 3.39. The van der Waals surface area contributed by atoms with Crippen LogP contribution in [-0.4, -0.2) is 21.0 Å². The van der Waals surface area contributed by atoms with Gasteiger partial charge in [0, 0.05) is 6.20 Å². The number of hydrogen-bond donors (Lipinski definition) is 0. The van der Waals surface area contributed by atoms with Crippen LogP contribution in [0.1, 0.15) is 78.7 Å². The Morgan fingerprint density at radius 1 is 0.902 bits per heavy atom. The molecule has 0 unspecified atom stereocenters. The first-order chi connectivity index (χ1) is 19.7. The molecule has 2 aromatic heterocycles. The number of aryl methyl sites for hydroxylation is 2. The van der Waals surface area contributed by atoms with Crippen molar-refractivity contribution < 1.29 is 14.3 Å². The van der Waals surface area contributed by atoms with Crippen LogP contribution in [0, 0.1) is 6.92 Å². The summed E-state index contributed by atoms with van der Waals surface area (Å²) < 4.78 is 14.5. The predicted molar refractivity (Wildman–Crippen MR) is 164 cm³/mol. The molecule has 0 radical (unpaired) electrons. The maximum Gasteiger partial charge on any atom is 0.339 e. The van der Waals surface area contributed by atoms with Crippen molar-refractivity contribution in [2.45, 2.75) is 65.8 Å². The highest BCUT2D eigenvalue weighted by molar-refractivity contribution is 5.97. The van der Waals surface area contributed by atoms with E-state index in [0.717, 1.165) is 57.7 Å². The Labute approximate surface area is 242 Å². The second-order valence-corrected chi connectivity index (χ2v) is 11.5. The van der Waals surface area contributed by atoms with Gasteiger partial charge in [0.2, 0.25) is 0 Å². The fraction of sp³-hybridized carbons (Fsp3) is 0.278. The van der Waals surface area contributed by atoms with Crippen LogP contribution in [0.3, 0.4) is 0 Å². The van der Waals surface area contributed by atoms with Gasteiger partial charge in [-0.25, -0.2) is 9.78 Å². The van der Waals surface area contributed by atoms with E-state index in [1.165, 1.54) is 0 Å². The summed E-state index contributed by atoms with van der Waals surface area (Å²) in [6.07, 6.45) is 3.79. The van der Waals surface area contributed by atoms with Gasteiger partial charge in [0.1, 0.15) is 17.4 Å². The molecule has 0 saturated heterocycles. The Hall–Kier alpha value is -4.22. The highest BCUT2D eigenvalue weighted by Gasteiger charge is 2.23. The molecule has 0 aliphatic heterocycles. The molecule has 0 N–H and O–H groups in total. The van der Waals surface area contributed by atoms with Gasteiger partial charge in [-0.05, 0) is 74.1 Å². The third kappa shape index (κ3) is 6.58. The van der Waals surface area contributed by atoms with Gasteiger partial charge >= 0.3 is 5.97 Å². The van der Waals surface area contributed by atoms with Gasteiger partial charge in [0.25, 0.3) is 0 Å². The fourth-order valence-electron chi connectivity index (χ4n) is 5.05. The van der Waals surface area contributed by atoms with Gasteiger partial charge in [-0.3, -0.25) is 0 Å². The number of fused-ring (bicyclic) bond motifs is 1. The summed E-state index contributed by atoms with van der Waals surface area (Å²) in [7, 11) is 0. The number of carbonyl (C=O) groups excluding carboxylic acids is 1. The molecule has 0 amide bonds. The number of aromatic nitrogens is 2. The van der Waals surface area contributed by atoms with Crippen molar-refractivity contribution in [2.75, 3.05) is 0 Å². The van der Waals surface area contributed by atoms with Gasteiger partial charge in [0.15, 0.2) is 0 Å². The molecule has 5 aromatic rings. The molecule has 0 spiro atoms. The van der Waals surface area contributed by atoms with Crippen molar-refractivity contribution >= 4 is 11.6 Å². The normalized spacial score (nSPS) is 12.4. The second-order valence-electron chi connectivity index (χ2n) is 11.5. The van der Waals surface area contributed by atoms with Crippen molar-refractivity contribution in [3.8, 4) is 11.1 Å². The van der Waals surface area contributed by atoms with E-state index >= 15 is 0 Å². The van der Waals surface area contributed by atoms with Crippen LogP contribution in [0.4, 0.5) is 0 Å². The van der Waals surface area contributed by atoms with E-state index < -0.39 is 5.60 Å². The SMILES string of the molecule is CCCc1cn2c([C@H](OCc3ccccc3)c3ccc(-c4ccccc4C(=O)OC(C)(C)C)cc3)ccc(C)c2n1. The zero-order valence-electron chi connectivity index (χ0n) is 24.6. The molecule has 0 fully saturated rings. The number of nitrogens with zero attached hydrogens (tertiary/aromatic N) is 2. The van der Waals surface area contributed by atoms with E-state index in [0.29, 0.717) is 12.2 Å². The summed E-state index contributed by atoms with van der Waals surface area (Å²) in [6, 6.07) is 30.4. The van der Waals surface area contributed by atoms with Crippen molar-refractivity contribution in [3.05, 3.63) is 131 Å². The van der Waals surface area contributed by atoms with E-state index in [-0.39, 0.29) is 12.1 Å². The molecule has 5 nitrogen and oxygen atoms in total. The molecule has 210 valence electrons. The van der Waals surface area contributed by atoms with Gasteiger partial charge in [0.05, 0.1) is 23.6 Å². The lowest BCUT2D eigenvalue weighted by Crippen LogP contribution is -2.24. The Bertz CT molecular complexity index is 1630. The Balaban J connectivity index is 1.53. The van der Waals surface area contributed by atoms with Crippen LogP contribution in [0.25, 0.3) is 16.8 Å². The minimum atomic E-state index is -0.568. The maximum absolute atomic E-state index is 13.0. The van der Waals surface area contributed by atoms with Crippen LogP contribution < -0.4 is 0 Å². The number of carbonyl (C=O) groups is 1. The number of pyridine rings is 1. The van der Waals surface area contributed by atoms with E-state index in [2.05, 4.69) is 73.0 Å². The zero-order chi connectivity index (χ0) is 29.0. The minimum absolute atomic E-state index is 0.322. The molecular weight excluding hydrogens is 508 g/mol. The lowest BCUT2D eigenvalue weighted by molar-refractivity contribution is 0.00704. The summed E-state index contributed by atoms with van der Waals surface area (Å²) in [4.78, 5) is 17.9. The molecule has 3 aromatic carbocycles. The summed E-state index contributed by atoms with van der Waals surface area (Å²) >= 11 is 0. The van der Waals surface area contributed by atoms with Gasteiger partial charge in [-0.2, -0.15) is 0 Å². The highest BCUT2D eigenvalue weighted by atomic mass is 16.6. The molecule has 0 bridgehead atoms. The lowest BCUT2D eigenvalue weighted by Gasteiger charge is -2.22. The molecule has 5 rings (SSSR count). The number of esters is 1. The Kier molecular flexibility index (Phi) is 8.36. The molecular formula is C36H38N2O3. The first-order valence-electron chi connectivity index (χ1n) is 14.3. The number of rotatable bonds is 9. The molecule has 41 heavy (non-hydrogen) atoms. The topological polar surface area (TPSA) is 52.8 Å². The first-order valence-corrected chi connectivity index (χ1v) is 14.3. The molecule has 0 saturated carbocycles. The third-order valence-corrected chi connectivity index (χ3v) is 7.00. The standard InChI is InChI=1S/C36H38N2O3/c1-6-12-29-23-38-32(22-17-25(2)34(38)37-29)33(40-24-26-13-8-7-9-14-26)28-20-18-27(19-21-28)30-15-10-11-16-31(30)35(39)41-36(3,4)5/h7-11,13-23,33H,6,12,24H2,1-5H3/t33-/m1/s1. The van der Waals surface area contributed by atoms with Crippen molar-refractivity contribution in [1.82, 2.24) is 9.38 Å². The van der Waals surface area contributed by atoms with E-state index in [4.69, 9.17) is 14.5 Å². The monoisotopic (exact) mass is 546 g/mol. The van der Waals surface area contributed by atoms with Crippen molar-refractivity contribution in [1.29, 1.82) is 0 Å². The van der Waals surface area contributed by atoms with Crippen LogP contribution in [0.5, 0.6) is 0 Å². The number of ether oxygens (including phenoxy) is 2. The fourth-order valence-corrected chi connectivity index (χ4v) is 5.05. The number of hydrogen-bond acceptors (Lipinski definition) is 4. The van der Waals surface area contributed by atoms with Crippen LogP contribution in [0.15, 0.2) is 97.2 Å². The number of imidazole rings is 1. The summed E-state index contributed by atoms with van der Waals surface area (Å²) in [6.45, 7) is 10.4. The van der Waals surface area contributed by atoms with Crippen molar-refractivity contribution in [2.24, 2.45) is 0 Å². The largest absolute Gasteiger partial charge is 0.456 e. The quantitative estimate of drug-likeness (QED) is 0.174. The highest BCUT2D eigenvalue weighted by Crippen LogP contribution is 2.32. The maximum atomic E-state index is 13.0. The lowest BCUT2D eigenvalue weighted by atomic mass is 9.96. The zero-order valence-corrected chi connectivity index (χ0v) is 24.6. The summed E-state index contributed by atoms with van der Waals surface area (Å²) in [5.41, 5.74) is 8.10. The smallest absolute Gasteiger partial charge is 0.339 e. The summed E-state index contributed by atoms with van der Waals surface area (Å²) in [5, 5.41) is 0. The molecule has 0 aliphatic carbocycles. The Morgan fingerprint density at radius 3 is 2.32 bits per heavy atom. The predicted octanol–water partition coefficient (Wildman–Crippen LogP) is 8.52.